The molecule has 2 rings (SSSR count). The number of unbranched alkanes of at least 4 members (excludes halogenated alkanes) is 1. The second kappa shape index (κ2) is 6.71. The van der Waals surface area contributed by atoms with E-state index in [1.54, 1.807) is 0 Å². The van der Waals surface area contributed by atoms with Gasteiger partial charge in [0.25, 0.3) is 0 Å². The number of nitrogens with one attached hydrogen (secondary N) is 1. The molecule has 0 radical (unpaired) electrons. The molecule has 2 heterocycles. The Balaban J connectivity index is 1.83. The lowest BCUT2D eigenvalue weighted by molar-refractivity contribution is 0.229. The van der Waals surface area contributed by atoms with Gasteiger partial charge in [0.05, 0.1) is 6.54 Å². The molecule has 1 saturated heterocycles. The third-order valence-electron chi connectivity index (χ3n) is 3.24. The van der Waals surface area contributed by atoms with Crippen LogP contribution in [0.1, 0.15) is 38.4 Å². The van der Waals surface area contributed by atoms with E-state index in [1.807, 2.05) is 0 Å². The maximum absolute atomic E-state index is 4.79. The lowest BCUT2D eigenvalue weighted by Crippen LogP contribution is -2.37. The fourth-order valence-corrected chi connectivity index (χ4v) is 2.30. The molecule has 1 aromatic heterocycles. The van der Waals surface area contributed by atoms with E-state index in [0.29, 0.717) is 6.04 Å². The molecule has 1 fully saturated rings. The van der Waals surface area contributed by atoms with Gasteiger partial charge in [0.1, 0.15) is 0 Å². The fourth-order valence-electron chi connectivity index (χ4n) is 2.30. The highest BCUT2D eigenvalue weighted by molar-refractivity contribution is 4.82. The molecule has 0 saturated carbocycles. The van der Waals surface area contributed by atoms with Crippen LogP contribution < -0.4 is 5.32 Å². The first-order valence-corrected chi connectivity index (χ1v) is 6.59. The molecule has 0 aromatic carbocycles. The summed E-state index contributed by atoms with van der Waals surface area (Å²) in [7, 11) is 0. The van der Waals surface area contributed by atoms with Crippen LogP contribution in [0, 0.1) is 0 Å². The van der Waals surface area contributed by atoms with Crippen molar-refractivity contribution in [2.75, 3.05) is 19.6 Å². The Morgan fingerprint density at radius 2 is 2.53 bits per heavy atom. The highest BCUT2D eigenvalue weighted by atomic mass is 16.5. The molecule has 0 amide bonds. The van der Waals surface area contributed by atoms with Gasteiger partial charge in [-0.2, -0.15) is 4.98 Å². The van der Waals surface area contributed by atoms with Crippen molar-refractivity contribution in [3.05, 3.63) is 12.2 Å². The summed E-state index contributed by atoms with van der Waals surface area (Å²) in [6, 6.07) is 0.638. The Labute approximate surface area is 103 Å². The van der Waals surface area contributed by atoms with Crippen LogP contribution in [0.4, 0.5) is 0 Å². The van der Waals surface area contributed by atoms with Crippen molar-refractivity contribution in [2.24, 2.45) is 0 Å². The van der Waals surface area contributed by atoms with E-state index in [9.17, 15) is 0 Å². The van der Waals surface area contributed by atoms with Gasteiger partial charge in [-0.05, 0) is 32.4 Å². The average Bonchev–Trinajstić information content (AvgIpc) is 2.99. The summed E-state index contributed by atoms with van der Waals surface area (Å²) in [6.45, 7) is 6.39. The van der Waals surface area contributed by atoms with Crippen LogP contribution in [-0.2, 0) is 6.54 Å². The van der Waals surface area contributed by atoms with Gasteiger partial charge < -0.3 is 9.84 Å². The molecule has 1 aliphatic heterocycles. The molecule has 1 atom stereocenters. The van der Waals surface area contributed by atoms with Crippen molar-refractivity contribution in [1.29, 1.82) is 0 Å². The molecule has 0 spiro atoms. The third-order valence-corrected chi connectivity index (χ3v) is 3.24. The van der Waals surface area contributed by atoms with E-state index < -0.39 is 0 Å². The summed E-state index contributed by atoms with van der Waals surface area (Å²) in [5.74, 6) is 0.791. The fraction of sp³-hybridized carbons (Fsp3) is 0.833. The van der Waals surface area contributed by atoms with Gasteiger partial charge in [-0.3, -0.25) is 4.90 Å². The Morgan fingerprint density at radius 1 is 1.59 bits per heavy atom. The van der Waals surface area contributed by atoms with Crippen molar-refractivity contribution in [3.63, 3.8) is 0 Å². The van der Waals surface area contributed by atoms with E-state index >= 15 is 0 Å². The minimum Gasteiger partial charge on any atom is -0.343 e. The predicted molar refractivity (Wildman–Crippen MR) is 65.5 cm³/mol. The summed E-state index contributed by atoms with van der Waals surface area (Å²) in [4.78, 5) is 6.53. The Hall–Kier alpha value is -0.940. The maximum Gasteiger partial charge on any atom is 0.213 e. The monoisotopic (exact) mass is 238 g/mol. The summed E-state index contributed by atoms with van der Waals surface area (Å²) in [6.07, 6.45) is 6.44. The van der Waals surface area contributed by atoms with Crippen molar-refractivity contribution in [3.8, 4) is 0 Å². The van der Waals surface area contributed by atoms with Crippen molar-refractivity contribution >= 4 is 0 Å². The Kier molecular flexibility index (Phi) is 4.94. The molecule has 1 N–H and O–H groups in total. The summed E-state index contributed by atoms with van der Waals surface area (Å²) in [5, 5.41) is 7.43. The van der Waals surface area contributed by atoms with Crippen LogP contribution in [0.3, 0.4) is 0 Å². The number of hydrogen-bond acceptors (Lipinski definition) is 5. The van der Waals surface area contributed by atoms with E-state index in [4.69, 9.17) is 4.52 Å². The van der Waals surface area contributed by atoms with Crippen LogP contribution in [0.2, 0.25) is 0 Å². The van der Waals surface area contributed by atoms with Gasteiger partial charge >= 0.3 is 0 Å². The minimum absolute atomic E-state index is 0.638. The first-order chi connectivity index (χ1) is 8.38. The third kappa shape index (κ3) is 4.09. The molecule has 5 nitrogen and oxygen atoms in total. The van der Waals surface area contributed by atoms with Gasteiger partial charge in [-0.1, -0.05) is 18.5 Å². The first-order valence-electron chi connectivity index (χ1n) is 6.59. The smallest absolute Gasteiger partial charge is 0.213 e. The van der Waals surface area contributed by atoms with Gasteiger partial charge in [0.15, 0.2) is 5.82 Å². The van der Waals surface area contributed by atoms with Crippen molar-refractivity contribution < 1.29 is 4.52 Å². The summed E-state index contributed by atoms with van der Waals surface area (Å²) in [5.41, 5.74) is 0. The van der Waals surface area contributed by atoms with Crippen molar-refractivity contribution in [1.82, 2.24) is 20.4 Å². The molecule has 17 heavy (non-hydrogen) atoms. The van der Waals surface area contributed by atoms with E-state index in [2.05, 4.69) is 27.3 Å². The zero-order valence-corrected chi connectivity index (χ0v) is 10.6. The molecule has 1 unspecified atom stereocenters. The molecule has 0 aliphatic carbocycles. The number of aromatic nitrogens is 2. The average molecular weight is 238 g/mol. The van der Waals surface area contributed by atoms with E-state index in [1.165, 1.54) is 32.1 Å². The second-order valence-corrected chi connectivity index (χ2v) is 4.73. The lowest BCUT2D eigenvalue weighted by Gasteiger charge is -2.24. The van der Waals surface area contributed by atoms with Crippen molar-refractivity contribution in [2.45, 2.75) is 45.2 Å². The van der Waals surface area contributed by atoms with Gasteiger partial charge in [0.2, 0.25) is 6.39 Å². The van der Waals surface area contributed by atoms with Gasteiger partial charge in [0, 0.05) is 12.6 Å². The molecular formula is C12H22N4O. The van der Waals surface area contributed by atoms with Gasteiger partial charge in [-0.15, -0.1) is 0 Å². The van der Waals surface area contributed by atoms with Gasteiger partial charge in [-0.25, -0.2) is 0 Å². The molecule has 96 valence electrons. The van der Waals surface area contributed by atoms with Crippen LogP contribution in [0.5, 0.6) is 0 Å². The zero-order valence-electron chi connectivity index (χ0n) is 10.6. The zero-order chi connectivity index (χ0) is 11.9. The largest absolute Gasteiger partial charge is 0.343 e. The minimum atomic E-state index is 0.638. The highest BCUT2D eigenvalue weighted by Gasteiger charge is 2.18. The van der Waals surface area contributed by atoms with E-state index in [-0.39, 0.29) is 0 Å². The quantitative estimate of drug-likeness (QED) is 0.778. The number of nitrogens with zero attached hydrogens (tertiary/aromatic N) is 3. The maximum atomic E-state index is 4.79. The van der Waals surface area contributed by atoms with Crippen LogP contribution in [0.15, 0.2) is 10.9 Å². The molecule has 0 bridgehead atoms. The SMILES string of the molecule is CCCCN(Cc1ncon1)CC1CCCN1. The van der Waals surface area contributed by atoms with Crippen LogP contribution in [0.25, 0.3) is 0 Å². The standard InChI is InChI=1S/C12H22N4O/c1-2-3-7-16(8-11-5-4-6-13-11)9-12-14-10-17-15-12/h10-11,13H,2-9H2,1H3. The topological polar surface area (TPSA) is 54.2 Å². The summed E-state index contributed by atoms with van der Waals surface area (Å²) >= 11 is 0. The predicted octanol–water partition coefficient (Wildman–Crippen LogP) is 1.42. The normalized spacial score (nSPS) is 20.2. The Bertz CT molecular complexity index is 295. The first kappa shape index (κ1) is 12.5. The highest BCUT2D eigenvalue weighted by Crippen LogP contribution is 2.09. The van der Waals surface area contributed by atoms with Crippen LogP contribution >= 0.6 is 0 Å². The molecule has 5 heteroatoms. The molecule has 1 aliphatic rings. The summed E-state index contributed by atoms with van der Waals surface area (Å²) < 4.78 is 4.79. The second-order valence-electron chi connectivity index (χ2n) is 4.73. The lowest BCUT2D eigenvalue weighted by atomic mass is 10.2. The molecular weight excluding hydrogens is 216 g/mol. The number of hydrogen-bond donors (Lipinski definition) is 1. The Morgan fingerprint density at radius 3 is 3.18 bits per heavy atom. The molecule has 1 aromatic rings. The van der Waals surface area contributed by atoms with E-state index in [0.717, 1.165) is 32.0 Å². The number of rotatable bonds is 7. The van der Waals surface area contributed by atoms with Crippen LogP contribution in [-0.4, -0.2) is 40.7 Å².